The fraction of sp³-hybridized carbons (Fsp3) is 1.00. The van der Waals surface area contributed by atoms with Gasteiger partial charge < -0.3 is 9.59 Å². The fourth-order valence-corrected chi connectivity index (χ4v) is 3.57. The quantitative estimate of drug-likeness (QED) is 0.322. The molecule has 0 aromatic carbocycles. The van der Waals surface area contributed by atoms with Crippen molar-refractivity contribution < 1.29 is 9.59 Å². The molecule has 0 aliphatic carbocycles. The normalized spacial score (nSPS) is 46.6. The first-order valence-corrected chi connectivity index (χ1v) is 5.75. The van der Waals surface area contributed by atoms with Crippen LogP contribution in [0.4, 0.5) is 0 Å². The van der Waals surface area contributed by atoms with E-state index in [1.807, 2.05) is 6.92 Å². The van der Waals surface area contributed by atoms with Crippen molar-refractivity contribution in [1.82, 2.24) is 0 Å². The van der Waals surface area contributed by atoms with Crippen LogP contribution in [0.3, 0.4) is 0 Å². The second-order valence-corrected chi connectivity index (χ2v) is 5.21. The molecule has 1 N–H and O–H groups in total. The Morgan fingerprint density at radius 2 is 2.27 bits per heavy atom. The second kappa shape index (κ2) is 2.33. The maximum absolute atomic E-state index is 9.85. The standard InChI is InChI=1S/C8H15INO/c1-8(11)4-7(5-9)10(6-8)2-3-10/h7,11H,2-6H2,1H3/q+1. The number of halogens is 1. The second-order valence-electron chi connectivity index (χ2n) is 4.33. The Labute approximate surface area is 81.3 Å². The first kappa shape index (κ1) is 8.26. The van der Waals surface area contributed by atoms with Crippen LogP contribution in [0, 0.1) is 0 Å². The third-order valence-electron chi connectivity index (χ3n) is 3.08. The zero-order valence-electron chi connectivity index (χ0n) is 6.89. The van der Waals surface area contributed by atoms with Crippen LogP contribution in [0.15, 0.2) is 0 Å². The Balaban J connectivity index is 2.12. The van der Waals surface area contributed by atoms with Crippen molar-refractivity contribution in [2.75, 3.05) is 24.1 Å². The van der Waals surface area contributed by atoms with E-state index in [2.05, 4.69) is 22.6 Å². The topological polar surface area (TPSA) is 20.2 Å². The molecule has 2 aliphatic rings. The van der Waals surface area contributed by atoms with E-state index in [0.717, 1.165) is 19.0 Å². The maximum Gasteiger partial charge on any atom is 0.129 e. The zero-order chi connectivity index (χ0) is 8.11. The molecule has 0 radical (unpaired) electrons. The SMILES string of the molecule is CC1(O)CC(CI)[N+]2(CC2)C1. The summed E-state index contributed by atoms with van der Waals surface area (Å²) in [4.78, 5) is 0. The molecule has 0 aromatic heterocycles. The Morgan fingerprint density at radius 3 is 2.64 bits per heavy atom. The van der Waals surface area contributed by atoms with E-state index in [-0.39, 0.29) is 5.60 Å². The van der Waals surface area contributed by atoms with Crippen molar-refractivity contribution in [3.05, 3.63) is 0 Å². The van der Waals surface area contributed by atoms with Gasteiger partial charge in [-0.3, -0.25) is 0 Å². The lowest BCUT2D eigenvalue weighted by Crippen LogP contribution is -2.35. The van der Waals surface area contributed by atoms with E-state index < -0.39 is 0 Å². The highest BCUT2D eigenvalue weighted by molar-refractivity contribution is 14.1. The minimum atomic E-state index is -0.369. The molecule has 2 aliphatic heterocycles. The molecule has 2 heterocycles. The Bertz CT molecular complexity index is 177. The number of rotatable bonds is 1. The molecule has 2 saturated heterocycles. The summed E-state index contributed by atoms with van der Waals surface area (Å²) in [6.07, 6.45) is 1.01. The van der Waals surface area contributed by atoms with Gasteiger partial charge in [0.15, 0.2) is 0 Å². The van der Waals surface area contributed by atoms with E-state index in [1.165, 1.54) is 22.0 Å². The summed E-state index contributed by atoms with van der Waals surface area (Å²) >= 11 is 2.44. The van der Waals surface area contributed by atoms with Crippen LogP contribution >= 0.6 is 22.6 Å². The van der Waals surface area contributed by atoms with Crippen molar-refractivity contribution >= 4 is 22.6 Å². The van der Waals surface area contributed by atoms with E-state index in [1.54, 1.807) is 0 Å². The van der Waals surface area contributed by atoms with Gasteiger partial charge in [-0.1, -0.05) is 22.6 Å². The summed E-state index contributed by atoms with van der Waals surface area (Å²) in [5.74, 6) is 0. The van der Waals surface area contributed by atoms with Gasteiger partial charge in [0.05, 0.1) is 4.43 Å². The van der Waals surface area contributed by atoms with Crippen LogP contribution in [0.25, 0.3) is 0 Å². The average molecular weight is 268 g/mol. The molecule has 11 heavy (non-hydrogen) atoms. The van der Waals surface area contributed by atoms with Crippen LogP contribution in [-0.4, -0.2) is 45.3 Å². The van der Waals surface area contributed by atoms with Gasteiger partial charge >= 0.3 is 0 Å². The highest BCUT2D eigenvalue weighted by atomic mass is 127. The molecule has 0 saturated carbocycles. The summed E-state index contributed by atoms with van der Waals surface area (Å²) < 4.78 is 2.42. The van der Waals surface area contributed by atoms with Crippen LogP contribution < -0.4 is 0 Å². The summed E-state index contributed by atoms with van der Waals surface area (Å²) in [6, 6.07) is 0.741. The number of hydrogen-bond donors (Lipinski definition) is 1. The van der Waals surface area contributed by atoms with Gasteiger partial charge in [0.2, 0.25) is 0 Å². The number of nitrogens with zero attached hydrogens (tertiary/aromatic N) is 1. The largest absolute Gasteiger partial charge is 0.384 e. The molecule has 2 rings (SSSR count). The summed E-state index contributed by atoms with van der Waals surface area (Å²) in [6.45, 7) is 5.60. The molecule has 2 unspecified atom stereocenters. The number of quaternary nitrogens is 1. The molecule has 2 fully saturated rings. The number of alkyl halides is 1. The monoisotopic (exact) mass is 268 g/mol. The molecule has 1 spiro atoms. The van der Waals surface area contributed by atoms with Gasteiger partial charge in [-0.05, 0) is 6.92 Å². The molecule has 0 aromatic rings. The lowest BCUT2D eigenvalue weighted by atomic mass is 10.0. The summed E-state index contributed by atoms with van der Waals surface area (Å²) in [7, 11) is 0. The molecular formula is C8H15INO+. The fourth-order valence-electron chi connectivity index (χ4n) is 2.43. The highest BCUT2D eigenvalue weighted by Gasteiger charge is 2.59. The van der Waals surface area contributed by atoms with Crippen molar-refractivity contribution in [1.29, 1.82) is 0 Å². The number of hydrogen-bond acceptors (Lipinski definition) is 1. The van der Waals surface area contributed by atoms with Crippen molar-refractivity contribution in [3.63, 3.8) is 0 Å². The third-order valence-corrected chi connectivity index (χ3v) is 4.10. The van der Waals surface area contributed by atoms with Gasteiger partial charge in [0.25, 0.3) is 0 Å². The van der Waals surface area contributed by atoms with Crippen LogP contribution in [0.2, 0.25) is 0 Å². The van der Waals surface area contributed by atoms with Crippen LogP contribution in [0.5, 0.6) is 0 Å². The van der Waals surface area contributed by atoms with Crippen LogP contribution in [0.1, 0.15) is 13.3 Å². The summed E-state index contributed by atoms with van der Waals surface area (Å²) in [5.41, 5.74) is -0.369. The third kappa shape index (κ3) is 1.31. The Morgan fingerprint density at radius 1 is 1.64 bits per heavy atom. The highest BCUT2D eigenvalue weighted by Crippen LogP contribution is 2.41. The first-order valence-electron chi connectivity index (χ1n) is 4.22. The van der Waals surface area contributed by atoms with Gasteiger partial charge in [-0.25, -0.2) is 0 Å². The smallest absolute Gasteiger partial charge is 0.129 e. The van der Waals surface area contributed by atoms with Crippen molar-refractivity contribution in [3.8, 4) is 0 Å². The summed E-state index contributed by atoms with van der Waals surface area (Å²) in [5, 5.41) is 9.85. The molecule has 0 amide bonds. The molecule has 2 atom stereocenters. The van der Waals surface area contributed by atoms with Crippen LogP contribution in [-0.2, 0) is 0 Å². The van der Waals surface area contributed by atoms with Gasteiger partial charge in [-0.15, -0.1) is 0 Å². The van der Waals surface area contributed by atoms with Gasteiger partial charge in [-0.2, -0.15) is 0 Å². The molecule has 2 nitrogen and oxygen atoms in total. The molecule has 64 valence electrons. The maximum atomic E-state index is 9.85. The predicted octanol–water partition coefficient (Wildman–Crippen LogP) is 0.775. The molecule has 3 heteroatoms. The lowest BCUT2D eigenvalue weighted by Gasteiger charge is -2.18. The van der Waals surface area contributed by atoms with Crippen molar-refractivity contribution in [2.24, 2.45) is 0 Å². The van der Waals surface area contributed by atoms with E-state index in [4.69, 9.17) is 0 Å². The van der Waals surface area contributed by atoms with Gasteiger partial charge in [0.1, 0.15) is 31.3 Å². The van der Waals surface area contributed by atoms with Gasteiger partial charge in [0, 0.05) is 6.42 Å². The first-order chi connectivity index (χ1) is 5.08. The minimum Gasteiger partial charge on any atom is -0.384 e. The van der Waals surface area contributed by atoms with E-state index in [0.29, 0.717) is 0 Å². The Hall–Kier alpha value is 0.650. The minimum absolute atomic E-state index is 0.369. The number of aliphatic hydroxyl groups is 1. The van der Waals surface area contributed by atoms with E-state index >= 15 is 0 Å². The molecular weight excluding hydrogens is 253 g/mol. The van der Waals surface area contributed by atoms with E-state index in [9.17, 15) is 5.11 Å². The Kier molecular flexibility index (Phi) is 1.75. The lowest BCUT2D eigenvalue weighted by molar-refractivity contribution is -0.812. The predicted molar refractivity (Wildman–Crippen MR) is 52.8 cm³/mol. The zero-order valence-corrected chi connectivity index (χ0v) is 9.04. The average Bonchev–Trinajstić information content (AvgIpc) is 2.57. The molecule has 0 bridgehead atoms. The van der Waals surface area contributed by atoms with Crippen molar-refractivity contribution in [2.45, 2.75) is 25.0 Å².